The van der Waals surface area contributed by atoms with E-state index in [9.17, 15) is 15.0 Å². The summed E-state index contributed by atoms with van der Waals surface area (Å²) in [4.78, 5) is 14.1. The number of likely N-dealkylation sites (tertiary alicyclic amines) is 1. The number of ether oxygens (including phenoxy) is 1. The quantitative estimate of drug-likeness (QED) is 0.778. The number of carbonyl (C=O) groups excluding carboxylic acids is 1. The molecule has 6 heteroatoms. The molecule has 2 fully saturated rings. The van der Waals surface area contributed by atoms with Crippen molar-refractivity contribution in [1.82, 2.24) is 4.90 Å². The summed E-state index contributed by atoms with van der Waals surface area (Å²) < 4.78 is 45.6. The maximum absolute atomic E-state index is 12.8. The summed E-state index contributed by atoms with van der Waals surface area (Å²) in [5.74, 6) is 0.00842. The number of benzene rings is 1. The zero-order chi connectivity index (χ0) is 20.9. The second kappa shape index (κ2) is 5.22. The van der Waals surface area contributed by atoms with Crippen LogP contribution in [0.5, 0.6) is 11.5 Å². The molecule has 5 nitrogen and oxygen atoms in total. The van der Waals surface area contributed by atoms with Crippen LogP contribution in [0.15, 0.2) is 24.7 Å². The fourth-order valence-corrected chi connectivity index (χ4v) is 5.53. The number of phenols is 1. The number of nitrogens with zero attached hydrogens (tertiary/aromatic N) is 1. The number of rotatable bonds is 2. The second-order valence-electron chi connectivity index (χ2n) is 7.21. The minimum absolute atomic E-state index is 0. The number of phenolic OH excluding ortho intramolecular Hbond substituents is 1. The van der Waals surface area contributed by atoms with Gasteiger partial charge in [0.1, 0.15) is 0 Å². The van der Waals surface area contributed by atoms with Crippen LogP contribution in [0, 0.1) is 0 Å². The van der Waals surface area contributed by atoms with Crippen LogP contribution in [-0.4, -0.2) is 51.7 Å². The number of hydrogen-bond donors (Lipinski definition) is 2. The van der Waals surface area contributed by atoms with E-state index in [0.717, 1.165) is 5.56 Å². The predicted octanol–water partition coefficient (Wildman–Crippen LogP) is 1.72. The van der Waals surface area contributed by atoms with Gasteiger partial charge in [-0.1, -0.05) is 12.1 Å². The number of ketones is 1. The van der Waals surface area contributed by atoms with Crippen LogP contribution < -0.4 is 4.74 Å². The van der Waals surface area contributed by atoms with Crippen LogP contribution in [0.1, 0.15) is 37.2 Å². The van der Waals surface area contributed by atoms with Gasteiger partial charge >= 0.3 is 0 Å². The molecule has 25 heavy (non-hydrogen) atoms. The number of piperidine rings is 1. The molecule has 0 aromatic heterocycles. The lowest BCUT2D eigenvalue weighted by Gasteiger charge is -2.62. The Morgan fingerprint density at radius 3 is 3.20 bits per heavy atom. The molecule has 0 unspecified atom stereocenters. The molecule has 2 aliphatic heterocycles. The molecular formula is C19H22ClNO4. The number of carbonyl (C=O) groups is 1. The maximum Gasteiger partial charge on any atom is 0.174 e. The van der Waals surface area contributed by atoms with Crippen molar-refractivity contribution in [3.63, 3.8) is 0 Å². The summed E-state index contributed by atoms with van der Waals surface area (Å²) >= 11 is 0. The van der Waals surface area contributed by atoms with E-state index in [1.54, 1.807) is 6.07 Å². The Morgan fingerprint density at radius 1 is 1.56 bits per heavy atom. The van der Waals surface area contributed by atoms with Gasteiger partial charge in [0.15, 0.2) is 23.4 Å². The normalized spacial score (nSPS) is 41.0. The lowest BCUT2D eigenvalue weighted by atomic mass is 9.49. The third kappa shape index (κ3) is 1.74. The number of aliphatic hydroxyl groups is 1. The summed E-state index contributed by atoms with van der Waals surface area (Å²) in [6.45, 7) is -3.20. The Balaban J connectivity index is 0.00000218. The molecule has 0 amide bonds. The van der Waals surface area contributed by atoms with Gasteiger partial charge in [0.2, 0.25) is 0 Å². The molecule has 1 aromatic carbocycles. The lowest BCUT2D eigenvalue weighted by molar-refractivity contribution is -0.187. The highest BCUT2D eigenvalue weighted by Gasteiger charge is 2.72. The molecule has 4 atom stereocenters. The van der Waals surface area contributed by atoms with E-state index in [1.807, 2.05) is 0 Å². The molecule has 2 bridgehead atoms. The van der Waals surface area contributed by atoms with Gasteiger partial charge < -0.3 is 14.9 Å². The van der Waals surface area contributed by atoms with Gasteiger partial charge in [0, 0.05) is 33.8 Å². The molecule has 1 saturated carbocycles. The van der Waals surface area contributed by atoms with Gasteiger partial charge in [-0.2, -0.15) is 0 Å². The third-order valence-corrected chi connectivity index (χ3v) is 6.46. The minimum Gasteiger partial charge on any atom is -0.504 e. The molecule has 0 radical (unpaired) electrons. The van der Waals surface area contributed by atoms with E-state index in [2.05, 4.69) is 0 Å². The van der Waals surface area contributed by atoms with Crippen molar-refractivity contribution >= 4 is 18.2 Å². The monoisotopic (exact) mass is 368 g/mol. The number of hydrogen-bond acceptors (Lipinski definition) is 5. The summed E-state index contributed by atoms with van der Waals surface area (Å²) in [6.07, 6.45) is -0.274. The molecular weight excluding hydrogens is 342 g/mol. The van der Waals surface area contributed by atoms with Crippen molar-refractivity contribution < 1.29 is 26.6 Å². The van der Waals surface area contributed by atoms with E-state index >= 15 is 0 Å². The van der Waals surface area contributed by atoms with Crippen LogP contribution in [0.4, 0.5) is 0 Å². The van der Waals surface area contributed by atoms with E-state index in [4.69, 9.17) is 11.6 Å². The number of Topliss-reactive ketones (excluding diaryl/α,β-unsaturated/α-hetero) is 1. The first-order valence-electron chi connectivity index (χ1n) is 10.7. The first kappa shape index (κ1) is 11.9. The van der Waals surface area contributed by atoms with Gasteiger partial charge in [-0.25, -0.2) is 0 Å². The Hall–Kier alpha value is -1.56. The molecule has 2 heterocycles. The third-order valence-electron chi connectivity index (χ3n) is 6.46. The van der Waals surface area contributed by atoms with Crippen LogP contribution in [0.25, 0.3) is 0 Å². The van der Waals surface area contributed by atoms with Crippen molar-refractivity contribution in [3.05, 3.63) is 35.8 Å². The summed E-state index contributed by atoms with van der Waals surface area (Å²) in [6, 6.07) is 1.67. The van der Waals surface area contributed by atoms with E-state index in [1.165, 1.54) is 11.0 Å². The molecule has 5 rings (SSSR count). The molecule has 2 N–H and O–H groups in total. The van der Waals surface area contributed by atoms with Crippen LogP contribution in [0.2, 0.25) is 0 Å². The highest BCUT2D eigenvalue weighted by molar-refractivity contribution is 5.90. The van der Waals surface area contributed by atoms with E-state index in [-0.39, 0.29) is 61.9 Å². The van der Waals surface area contributed by atoms with Crippen molar-refractivity contribution in [2.75, 3.05) is 13.0 Å². The van der Waals surface area contributed by atoms with Crippen molar-refractivity contribution in [1.29, 1.82) is 0 Å². The van der Waals surface area contributed by atoms with Crippen molar-refractivity contribution in [2.24, 2.45) is 0 Å². The van der Waals surface area contributed by atoms with E-state index < -0.39 is 42.2 Å². The molecule has 1 aromatic rings. The Labute approximate surface area is 159 Å². The zero-order valence-electron chi connectivity index (χ0n) is 18.4. The maximum atomic E-state index is 12.8. The fourth-order valence-electron chi connectivity index (χ4n) is 5.53. The van der Waals surface area contributed by atoms with Gasteiger partial charge in [0.25, 0.3) is 0 Å². The Kier molecular flexibility index (Phi) is 2.49. The van der Waals surface area contributed by atoms with Crippen molar-refractivity contribution in [2.45, 2.75) is 48.8 Å². The molecule has 2 aliphatic carbocycles. The highest BCUT2D eigenvalue weighted by atomic mass is 35.5. The topological polar surface area (TPSA) is 70.0 Å². The van der Waals surface area contributed by atoms with E-state index in [0.29, 0.717) is 5.56 Å². The van der Waals surface area contributed by atoms with Crippen LogP contribution >= 0.6 is 12.4 Å². The highest BCUT2D eigenvalue weighted by Crippen LogP contribution is 2.64. The SMILES string of the molecule is Cl.[2H]C([2H])=C([2H])C([2H])([2H])N1CC[C@]23c4c5ccc(O)c4O[C@H]2C(=O)CC[C@@]3(O)[C@H]1C5. The first-order valence-corrected chi connectivity index (χ1v) is 8.24. The minimum atomic E-state index is -2.41. The lowest BCUT2D eigenvalue weighted by Crippen LogP contribution is -2.76. The zero-order valence-corrected chi connectivity index (χ0v) is 14.2. The fraction of sp³-hybridized carbons (Fsp3) is 0.526. The van der Waals surface area contributed by atoms with Gasteiger partial charge in [-0.3, -0.25) is 9.69 Å². The molecule has 1 saturated heterocycles. The largest absolute Gasteiger partial charge is 0.504 e. The molecule has 134 valence electrons. The summed E-state index contributed by atoms with van der Waals surface area (Å²) in [5, 5.41) is 22.3. The number of aromatic hydroxyl groups is 1. The Bertz CT molecular complexity index is 984. The average molecular weight is 369 g/mol. The van der Waals surface area contributed by atoms with Gasteiger partial charge in [-0.05, 0) is 30.9 Å². The van der Waals surface area contributed by atoms with Crippen LogP contribution in [-0.2, 0) is 16.6 Å². The molecule has 1 spiro atoms. The first-order chi connectivity index (χ1) is 13.6. The second-order valence-corrected chi connectivity index (χ2v) is 7.21. The molecule has 4 aliphatic rings. The smallest absolute Gasteiger partial charge is 0.174 e. The Morgan fingerprint density at radius 2 is 2.40 bits per heavy atom. The predicted molar refractivity (Wildman–Crippen MR) is 94.5 cm³/mol. The summed E-state index contributed by atoms with van der Waals surface area (Å²) in [5.41, 5.74) is -1.14. The van der Waals surface area contributed by atoms with Crippen molar-refractivity contribution in [3.8, 4) is 11.5 Å². The van der Waals surface area contributed by atoms with Gasteiger partial charge in [0.05, 0.1) is 15.1 Å². The summed E-state index contributed by atoms with van der Waals surface area (Å²) in [7, 11) is 0. The van der Waals surface area contributed by atoms with Crippen LogP contribution in [0.3, 0.4) is 0 Å². The van der Waals surface area contributed by atoms with Gasteiger partial charge in [-0.15, -0.1) is 18.9 Å². The average Bonchev–Trinajstić information content (AvgIpc) is 3.01. The number of halogens is 1. The standard InChI is InChI=1S/C19H21NO4.ClH/c1-2-8-20-9-7-18-15-11-3-4-12(21)16(15)24-17(18)13(22)5-6-19(18,23)14(20)10-11;/h2-4,14,17,21,23H,1,5-10H2;1H/t14-,17+,18+,19-;/m1./s1/i1D2,2D,8D2;.